The predicted octanol–water partition coefficient (Wildman–Crippen LogP) is 2.77. The fraction of sp³-hybridized carbons (Fsp3) is 0.409. The second kappa shape index (κ2) is 9.35. The first kappa shape index (κ1) is 23.8. The number of carbonyl (C=O) groups is 1. The van der Waals surface area contributed by atoms with Crippen LogP contribution in [-0.4, -0.2) is 61.2 Å². The highest BCUT2D eigenvalue weighted by molar-refractivity contribution is 7.89. The largest absolute Gasteiger partial charge is 0.325 e. The molecule has 0 atom stereocenters. The number of hydrogen-bond acceptors (Lipinski definition) is 6. The van der Waals surface area contributed by atoms with Crippen molar-refractivity contribution in [1.82, 2.24) is 9.21 Å². The number of nitrogens with zero attached hydrogens (tertiary/aromatic N) is 3. The van der Waals surface area contributed by atoms with Gasteiger partial charge in [0.2, 0.25) is 15.9 Å². The van der Waals surface area contributed by atoms with Gasteiger partial charge in [0.25, 0.3) is 5.69 Å². The maximum absolute atomic E-state index is 13.4. The molecule has 1 aliphatic rings. The first-order valence-corrected chi connectivity index (χ1v) is 11.8. The number of non-ortho nitro benzene ring substituents is 1. The predicted molar refractivity (Wildman–Crippen MR) is 122 cm³/mol. The van der Waals surface area contributed by atoms with Crippen LogP contribution in [-0.2, 0) is 14.8 Å². The fourth-order valence-electron chi connectivity index (χ4n) is 3.89. The molecule has 0 aliphatic carbocycles. The van der Waals surface area contributed by atoms with Gasteiger partial charge in [-0.1, -0.05) is 6.07 Å². The average Bonchev–Trinajstić information content (AvgIpc) is 2.73. The van der Waals surface area contributed by atoms with Gasteiger partial charge in [-0.25, -0.2) is 8.42 Å². The van der Waals surface area contributed by atoms with E-state index in [2.05, 4.69) is 5.32 Å². The van der Waals surface area contributed by atoms with Crippen LogP contribution in [0.1, 0.15) is 22.3 Å². The van der Waals surface area contributed by atoms with Crippen molar-refractivity contribution < 1.29 is 18.1 Å². The molecule has 1 fully saturated rings. The first-order valence-electron chi connectivity index (χ1n) is 10.3. The Morgan fingerprint density at radius 3 is 2.03 bits per heavy atom. The van der Waals surface area contributed by atoms with E-state index < -0.39 is 14.9 Å². The zero-order valence-corrected chi connectivity index (χ0v) is 19.5. The number of nitro groups is 1. The van der Waals surface area contributed by atoms with E-state index >= 15 is 0 Å². The summed E-state index contributed by atoms with van der Waals surface area (Å²) in [5, 5.41) is 13.4. The lowest BCUT2D eigenvalue weighted by Gasteiger charge is -2.34. The maximum atomic E-state index is 13.4. The monoisotopic (exact) mass is 460 g/mol. The van der Waals surface area contributed by atoms with Crippen LogP contribution in [0.5, 0.6) is 0 Å². The molecule has 1 amide bonds. The van der Waals surface area contributed by atoms with E-state index in [4.69, 9.17) is 0 Å². The molecule has 2 aromatic carbocycles. The molecule has 0 aromatic heterocycles. The molecule has 0 spiro atoms. The molecule has 1 N–H and O–H groups in total. The Bertz CT molecular complexity index is 1110. The Morgan fingerprint density at radius 1 is 1.00 bits per heavy atom. The van der Waals surface area contributed by atoms with Gasteiger partial charge in [-0.05, 0) is 62.1 Å². The Hall–Kier alpha value is -2.82. The highest BCUT2D eigenvalue weighted by Gasteiger charge is 2.32. The lowest BCUT2D eigenvalue weighted by molar-refractivity contribution is -0.384. The van der Waals surface area contributed by atoms with E-state index in [0.29, 0.717) is 36.8 Å². The zero-order valence-electron chi connectivity index (χ0n) is 18.7. The van der Waals surface area contributed by atoms with Crippen molar-refractivity contribution in [2.24, 2.45) is 0 Å². The third-order valence-electron chi connectivity index (χ3n) is 5.96. The number of piperazine rings is 1. The van der Waals surface area contributed by atoms with Gasteiger partial charge < -0.3 is 5.32 Å². The summed E-state index contributed by atoms with van der Waals surface area (Å²) in [5.74, 6) is -0.254. The summed E-state index contributed by atoms with van der Waals surface area (Å²) >= 11 is 0. The molecular weight excluding hydrogens is 432 g/mol. The second-order valence-electron chi connectivity index (χ2n) is 8.12. The highest BCUT2D eigenvalue weighted by atomic mass is 32.2. The van der Waals surface area contributed by atoms with Crippen LogP contribution in [0.4, 0.5) is 11.4 Å². The van der Waals surface area contributed by atoms with Crippen LogP contribution < -0.4 is 5.32 Å². The molecule has 0 unspecified atom stereocenters. The highest BCUT2D eigenvalue weighted by Crippen LogP contribution is 2.29. The maximum Gasteiger partial charge on any atom is 0.269 e. The van der Waals surface area contributed by atoms with Crippen molar-refractivity contribution in [3.05, 3.63) is 62.7 Å². The zero-order chi connectivity index (χ0) is 23.6. The molecule has 0 saturated carbocycles. The molecular formula is C22H28N4O5S. The van der Waals surface area contributed by atoms with Crippen LogP contribution in [0.3, 0.4) is 0 Å². The number of sulfonamides is 1. The summed E-state index contributed by atoms with van der Waals surface area (Å²) in [5.41, 5.74) is 3.88. The Morgan fingerprint density at radius 2 is 1.53 bits per heavy atom. The van der Waals surface area contributed by atoms with E-state index in [1.165, 1.54) is 28.6 Å². The van der Waals surface area contributed by atoms with E-state index in [-0.39, 0.29) is 18.1 Å². The lowest BCUT2D eigenvalue weighted by Crippen LogP contribution is -2.50. The quantitative estimate of drug-likeness (QED) is 0.524. The standard InChI is InChI=1S/C22H28N4O5S/c1-15-13-16(2)18(4)22(17(15)3)32(30,31)25-11-9-24(10-12-25)14-21(27)23-19-5-7-20(8-6-19)26(28)29/h5-8,13H,9-12,14H2,1-4H3,(H,23,27). The number of nitrogens with one attached hydrogen (secondary N) is 1. The van der Waals surface area contributed by atoms with Gasteiger partial charge in [-0.3, -0.25) is 19.8 Å². The Labute approximate surface area is 188 Å². The molecule has 10 heteroatoms. The molecule has 0 radical (unpaired) electrons. The van der Waals surface area contributed by atoms with E-state index in [0.717, 1.165) is 22.3 Å². The number of aryl methyl sites for hydroxylation is 2. The lowest BCUT2D eigenvalue weighted by atomic mass is 10.0. The summed E-state index contributed by atoms with van der Waals surface area (Å²) in [6, 6.07) is 7.63. The van der Waals surface area contributed by atoms with Crippen molar-refractivity contribution in [2.75, 3.05) is 38.0 Å². The van der Waals surface area contributed by atoms with Crippen LogP contribution in [0, 0.1) is 37.8 Å². The number of nitro benzene ring substituents is 1. The number of rotatable bonds is 6. The van der Waals surface area contributed by atoms with Gasteiger partial charge in [-0.15, -0.1) is 0 Å². The fourth-order valence-corrected chi connectivity index (χ4v) is 5.89. The molecule has 1 aliphatic heterocycles. The topological polar surface area (TPSA) is 113 Å². The average molecular weight is 461 g/mol. The summed E-state index contributed by atoms with van der Waals surface area (Å²) < 4.78 is 28.2. The van der Waals surface area contributed by atoms with E-state index in [9.17, 15) is 23.3 Å². The molecule has 172 valence electrons. The van der Waals surface area contributed by atoms with Crippen molar-refractivity contribution in [2.45, 2.75) is 32.6 Å². The van der Waals surface area contributed by atoms with Gasteiger partial charge in [0.1, 0.15) is 0 Å². The third kappa shape index (κ3) is 4.98. The van der Waals surface area contributed by atoms with Gasteiger partial charge >= 0.3 is 0 Å². The first-order chi connectivity index (χ1) is 15.0. The molecule has 9 nitrogen and oxygen atoms in total. The number of hydrogen-bond donors (Lipinski definition) is 1. The molecule has 3 rings (SSSR count). The van der Waals surface area contributed by atoms with Crippen LogP contribution in [0.15, 0.2) is 35.2 Å². The van der Waals surface area contributed by atoms with E-state index in [1.807, 2.05) is 38.7 Å². The Balaban J connectivity index is 1.61. The van der Waals surface area contributed by atoms with E-state index in [1.54, 1.807) is 0 Å². The number of amides is 1. The van der Waals surface area contributed by atoms with Gasteiger partial charge in [0, 0.05) is 44.0 Å². The molecule has 32 heavy (non-hydrogen) atoms. The van der Waals surface area contributed by atoms with Crippen molar-refractivity contribution in [3.63, 3.8) is 0 Å². The number of carbonyl (C=O) groups excluding carboxylic acids is 1. The van der Waals surface area contributed by atoms with Gasteiger partial charge in [0.05, 0.1) is 16.4 Å². The smallest absolute Gasteiger partial charge is 0.269 e. The number of benzene rings is 2. The SMILES string of the molecule is Cc1cc(C)c(C)c(S(=O)(=O)N2CCN(CC(=O)Nc3ccc([N+](=O)[O-])cc3)CC2)c1C. The van der Waals surface area contributed by atoms with Crippen molar-refractivity contribution >= 4 is 27.3 Å². The van der Waals surface area contributed by atoms with Crippen molar-refractivity contribution in [1.29, 1.82) is 0 Å². The molecule has 2 aromatic rings. The summed E-state index contributed by atoms with van der Waals surface area (Å²) in [7, 11) is -3.63. The normalized spacial score (nSPS) is 15.5. The van der Waals surface area contributed by atoms with Crippen LogP contribution >= 0.6 is 0 Å². The van der Waals surface area contributed by atoms with Gasteiger partial charge in [0.15, 0.2) is 0 Å². The summed E-state index contributed by atoms with van der Waals surface area (Å²) in [6.07, 6.45) is 0. The number of anilines is 1. The second-order valence-corrected chi connectivity index (χ2v) is 10.00. The molecule has 0 bridgehead atoms. The summed E-state index contributed by atoms with van der Waals surface area (Å²) in [4.78, 5) is 24.9. The minimum absolute atomic E-state index is 0.0467. The van der Waals surface area contributed by atoms with Crippen molar-refractivity contribution in [3.8, 4) is 0 Å². The minimum Gasteiger partial charge on any atom is -0.325 e. The third-order valence-corrected chi connectivity index (χ3v) is 8.13. The molecule has 1 saturated heterocycles. The van der Waals surface area contributed by atoms with Crippen LogP contribution in [0.25, 0.3) is 0 Å². The minimum atomic E-state index is -3.63. The Kier molecular flexibility index (Phi) is 6.97. The summed E-state index contributed by atoms with van der Waals surface area (Å²) in [6.45, 7) is 9.13. The molecule has 1 heterocycles. The van der Waals surface area contributed by atoms with Gasteiger partial charge in [-0.2, -0.15) is 4.31 Å². The van der Waals surface area contributed by atoms with Crippen LogP contribution in [0.2, 0.25) is 0 Å².